The fourth-order valence-electron chi connectivity index (χ4n) is 4.76. The minimum atomic E-state index is -1.02. The number of rotatable bonds is 9. The van der Waals surface area contributed by atoms with Crippen molar-refractivity contribution in [3.05, 3.63) is 106 Å². The van der Waals surface area contributed by atoms with E-state index in [1.54, 1.807) is 60.7 Å². The number of amides is 1. The molecule has 0 bridgehead atoms. The molecule has 0 saturated carbocycles. The van der Waals surface area contributed by atoms with E-state index in [2.05, 4.69) is 16.8 Å². The van der Waals surface area contributed by atoms with Crippen molar-refractivity contribution < 1.29 is 28.9 Å². The van der Waals surface area contributed by atoms with E-state index in [9.17, 15) is 14.7 Å². The third-order valence-electron chi connectivity index (χ3n) is 6.77. The summed E-state index contributed by atoms with van der Waals surface area (Å²) in [7, 11) is 0. The van der Waals surface area contributed by atoms with Crippen molar-refractivity contribution in [3.8, 4) is 17.2 Å². The Morgan fingerprint density at radius 1 is 1.09 bits per heavy atom. The number of aliphatic hydroxyl groups is 1. The van der Waals surface area contributed by atoms with Crippen molar-refractivity contribution in [2.45, 2.75) is 16.1 Å². The summed E-state index contributed by atoms with van der Waals surface area (Å²) in [5.41, 5.74) is 1.57. The van der Waals surface area contributed by atoms with Crippen LogP contribution in [-0.4, -0.2) is 46.8 Å². The minimum Gasteiger partial charge on any atom is -0.507 e. The maximum Gasteiger partial charge on any atom is 0.301 e. The predicted octanol–water partition coefficient (Wildman–Crippen LogP) is 7.10. The van der Waals surface area contributed by atoms with Crippen LogP contribution in [0, 0.1) is 0 Å². The predicted molar refractivity (Wildman–Crippen MR) is 170 cm³/mol. The van der Waals surface area contributed by atoms with E-state index in [-0.39, 0.29) is 23.1 Å². The lowest BCUT2D eigenvalue weighted by atomic mass is 9.95. The van der Waals surface area contributed by atoms with Gasteiger partial charge in [-0.25, -0.2) is 0 Å². The number of aromatic nitrogens is 2. The number of ether oxygens (including phenoxy) is 3. The molecule has 0 unspecified atom stereocenters. The van der Waals surface area contributed by atoms with Crippen LogP contribution in [0.5, 0.6) is 17.2 Å². The van der Waals surface area contributed by atoms with Crippen LogP contribution in [0.25, 0.3) is 5.76 Å². The average Bonchev–Trinajstić information content (AvgIpc) is 3.60. The number of fused-ring (bicyclic) bond motifs is 1. The van der Waals surface area contributed by atoms with Crippen LogP contribution in [0.3, 0.4) is 0 Å². The Morgan fingerprint density at radius 2 is 1.91 bits per heavy atom. The van der Waals surface area contributed by atoms with Gasteiger partial charge in [0.15, 0.2) is 15.8 Å². The van der Waals surface area contributed by atoms with Crippen molar-refractivity contribution >= 4 is 68.9 Å². The molecule has 1 fully saturated rings. The number of Topliss-reactive ketones (excluding diaryl/α,β-unsaturated/α-hetero) is 1. The van der Waals surface area contributed by atoms with E-state index >= 15 is 0 Å². The van der Waals surface area contributed by atoms with Gasteiger partial charge in [-0.3, -0.25) is 14.5 Å². The molecule has 224 valence electrons. The molecular weight excluding hydrogens is 645 g/mol. The Morgan fingerprint density at radius 3 is 2.70 bits per heavy atom. The fourth-order valence-corrected chi connectivity index (χ4v) is 7.18. The third-order valence-corrected chi connectivity index (χ3v) is 9.46. The highest BCUT2D eigenvalue weighted by atomic mass is 35.5. The molecule has 0 spiro atoms. The summed E-state index contributed by atoms with van der Waals surface area (Å²) < 4.78 is 17.5. The van der Waals surface area contributed by atoms with Gasteiger partial charge in [0.2, 0.25) is 5.13 Å². The van der Waals surface area contributed by atoms with Crippen LogP contribution in [0.15, 0.2) is 83.2 Å². The molecule has 0 radical (unpaired) electrons. The summed E-state index contributed by atoms with van der Waals surface area (Å²) in [4.78, 5) is 28.5. The number of benzene rings is 3. The van der Waals surface area contributed by atoms with Crippen LogP contribution in [0.1, 0.15) is 22.7 Å². The first-order valence-electron chi connectivity index (χ1n) is 13.3. The summed E-state index contributed by atoms with van der Waals surface area (Å²) in [5, 5.41) is 21.3. The van der Waals surface area contributed by atoms with Crippen LogP contribution < -0.4 is 19.1 Å². The number of ketones is 1. The number of anilines is 1. The van der Waals surface area contributed by atoms with Gasteiger partial charge in [-0.15, -0.1) is 10.2 Å². The van der Waals surface area contributed by atoms with Crippen molar-refractivity contribution in [2.75, 3.05) is 24.7 Å². The largest absolute Gasteiger partial charge is 0.507 e. The Kier molecular flexibility index (Phi) is 8.81. The molecule has 2 aliphatic heterocycles. The van der Waals surface area contributed by atoms with Gasteiger partial charge >= 0.3 is 5.91 Å². The summed E-state index contributed by atoms with van der Waals surface area (Å²) in [6, 6.07) is 16.0. The molecule has 4 aromatic rings. The van der Waals surface area contributed by atoms with Gasteiger partial charge in [-0.05, 0) is 53.6 Å². The summed E-state index contributed by atoms with van der Waals surface area (Å²) in [5.74, 6) is -0.132. The first kappa shape index (κ1) is 30.0. The quantitative estimate of drug-likeness (QED) is 0.0499. The van der Waals surface area contributed by atoms with E-state index < -0.39 is 17.7 Å². The number of hydrogen-bond donors (Lipinski definition) is 1. The Bertz CT molecular complexity index is 1810. The van der Waals surface area contributed by atoms with Gasteiger partial charge in [0, 0.05) is 21.4 Å². The normalized spacial score (nSPS) is 17.1. The Labute approximate surface area is 270 Å². The van der Waals surface area contributed by atoms with Crippen LogP contribution in [0.2, 0.25) is 10.0 Å². The highest BCUT2D eigenvalue weighted by Gasteiger charge is 2.48. The molecule has 3 heterocycles. The van der Waals surface area contributed by atoms with Gasteiger partial charge in [0.05, 0.1) is 11.6 Å². The molecule has 1 N–H and O–H groups in total. The number of aliphatic hydroxyl groups excluding tert-OH is 1. The number of carbonyl (C=O) groups is 2. The van der Waals surface area contributed by atoms with E-state index in [0.29, 0.717) is 61.7 Å². The van der Waals surface area contributed by atoms with Crippen LogP contribution >= 0.6 is 46.3 Å². The van der Waals surface area contributed by atoms with Gasteiger partial charge in [-0.1, -0.05) is 77.2 Å². The van der Waals surface area contributed by atoms with Crippen LogP contribution in [-0.2, 0) is 15.3 Å². The second-order valence-electron chi connectivity index (χ2n) is 9.57. The molecule has 9 nitrogen and oxygen atoms in total. The van der Waals surface area contributed by atoms with Crippen molar-refractivity contribution in [1.29, 1.82) is 0 Å². The maximum absolute atomic E-state index is 13.6. The summed E-state index contributed by atoms with van der Waals surface area (Å²) in [6.07, 6.45) is 1.61. The number of thioether (sulfide) groups is 1. The van der Waals surface area contributed by atoms with E-state index in [0.717, 1.165) is 16.9 Å². The lowest BCUT2D eigenvalue weighted by Gasteiger charge is -2.23. The first-order valence-corrected chi connectivity index (χ1v) is 15.8. The smallest absolute Gasteiger partial charge is 0.301 e. The molecule has 1 amide bonds. The lowest BCUT2D eigenvalue weighted by Crippen LogP contribution is -2.29. The number of nitrogens with zero attached hydrogens (tertiary/aromatic N) is 3. The van der Waals surface area contributed by atoms with Gasteiger partial charge in [0.25, 0.3) is 5.78 Å². The monoisotopic (exact) mass is 667 g/mol. The molecule has 1 saturated heterocycles. The van der Waals surface area contributed by atoms with Crippen molar-refractivity contribution in [1.82, 2.24) is 10.2 Å². The van der Waals surface area contributed by atoms with Crippen LogP contribution in [0.4, 0.5) is 5.13 Å². The van der Waals surface area contributed by atoms with Gasteiger partial charge in [-0.2, -0.15) is 0 Å². The second kappa shape index (κ2) is 12.9. The van der Waals surface area contributed by atoms with E-state index in [4.69, 9.17) is 37.4 Å². The molecule has 6 rings (SSSR count). The topological polar surface area (TPSA) is 111 Å². The average molecular weight is 669 g/mol. The molecule has 2 aliphatic rings. The number of halogens is 2. The molecule has 3 aromatic carbocycles. The Hall–Kier alpha value is -4.03. The highest BCUT2D eigenvalue weighted by Crippen LogP contribution is 2.45. The second-order valence-corrected chi connectivity index (χ2v) is 12.6. The highest BCUT2D eigenvalue weighted by molar-refractivity contribution is 8.00. The zero-order valence-corrected chi connectivity index (χ0v) is 26.0. The van der Waals surface area contributed by atoms with E-state index in [1.165, 1.54) is 16.7 Å². The molecule has 0 aliphatic carbocycles. The van der Waals surface area contributed by atoms with Gasteiger partial charge < -0.3 is 19.3 Å². The lowest BCUT2D eigenvalue weighted by molar-refractivity contribution is -0.132. The number of carbonyl (C=O) groups excluding carboxylic acids is 2. The molecule has 1 aromatic heterocycles. The molecule has 13 heteroatoms. The summed E-state index contributed by atoms with van der Waals surface area (Å²) in [6.45, 7) is 4.69. The third kappa shape index (κ3) is 6.00. The Balaban J connectivity index is 1.39. The SMILES string of the molecule is C=CCOc1cccc([C@@H]2/C(=C(\O)c3ccc4c(c3)OCCO4)C(=O)C(=O)N2c2nnc(SCc3ccc(Cl)cc3Cl)s2)c1. The van der Waals surface area contributed by atoms with E-state index in [1.807, 2.05) is 6.07 Å². The minimum absolute atomic E-state index is 0.107. The maximum atomic E-state index is 13.6. The molecule has 1 atom stereocenters. The first-order chi connectivity index (χ1) is 21.3. The fraction of sp³-hybridized carbons (Fsp3) is 0.161. The summed E-state index contributed by atoms with van der Waals surface area (Å²) >= 11 is 14.9. The standard InChI is InChI=1S/C31H23Cl2N3O6S2/c1-2-10-40-21-5-3-4-17(13-21)26-25(27(37)18-7-9-23-24(14-18)42-12-11-41-23)28(38)29(39)36(26)30-34-35-31(44-30)43-16-19-6-8-20(32)15-22(19)33/h2-9,13-15,26,37H,1,10-12,16H2/b27-25+/t26-/m1/s1. The van der Waals surface area contributed by atoms with Crippen molar-refractivity contribution in [3.63, 3.8) is 0 Å². The zero-order chi connectivity index (χ0) is 30.8. The molecular formula is C31H23Cl2N3O6S2. The van der Waals surface area contributed by atoms with Gasteiger partial charge in [0.1, 0.15) is 31.3 Å². The zero-order valence-electron chi connectivity index (χ0n) is 22.9. The number of hydrogen-bond acceptors (Lipinski definition) is 10. The molecule has 44 heavy (non-hydrogen) atoms. The van der Waals surface area contributed by atoms with Crippen molar-refractivity contribution in [2.24, 2.45) is 0 Å².